The lowest BCUT2D eigenvalue weighted by Crippen LogP contribution is -2.27. The van der Waals surface area contributed by atoms with Crippen molar-refractivity contribution in [2.75, 3.05) is 7.11 Å². The smallest absolute Gasteiger partial charge is 0.260 e. The van der Waals surface area contributed by atoms with Gasteiger partial charge in [-0.25, -0.2) is 4.98 Å². The molecule has 6 heteroatoms. The third-order valence-corrected chi connectivity index (χ3v) is 7.11. The van der Waals surface area contributed by atoms with Crippen LogP contribution < -0.4 is 10.3 Å². The number of fused-ring (bicyclic) bond motifs is 1. The van der Waals surface area contributed by atoms with Gasteiger partial charge in [0, 0.05) is 28.6 Å². The van der Waals surface area contributed by atoms with Gasteiger partial charge in [-0.3, -0.25) is 9.69 Å². The van der Waals surface area contributed by atoms with Crippen LogP contribution in [0.1, 0.15) is 34.7 Å². The molecule has 1 fully saturated rings. The highest BCUT2D eigenvalue weighted by molar-refractivity contribution is 7.19. The Hall–Kier alpha value is -2.96. The van der Waals surface area contributed by atoms with Gasteiger partial charge in [0.25, 0.3) is 5.56 Å². The van der Waals surface area contributed by atoms with E-state index in [0.29, 0.717) is 18.0 Å². The van der Waals surface area contributed by atoms with Crippen LogP contribution in [0.2, 0.25) is 0 Å². The first-order chi connectivity index (χ1) is 15.5. The molecule has 1 saturated carbocycles. The molecule has 0 saturated heterocycles. The Bertz CT molecular complexity index is 1320. The van der Waals surface area contributed by atoms with Crippen LogP contribution in [0.15, 0.2) is 53.3 Å². The second kappa shape index (κ2) is 8.52. The molecule has 2 heterocycles. The van der Waals surface area contributed by atoms with Gasteiger partial charge in [0.15, 0.2) is 0 Å². The molecule has 2 aromatic heterocycles. The van der Waals surface area contributed by atoms with E-state index in [1.54, 1.807) is 18.4 Å². The Balaban J connectivity index is 1.48. The third kappa shape index (κ3) is 4.08. The highest BCUT2D eigenvalue weighted by Gasteiger charge is 2.30. The van der Waals surface area contributed by atoms with Crippen molar-refractivity contribution in [2.24, 2.45) is 0 Å². The van der Waals surface area contributed by atoms with Gasteiger partial charge in [-0.05, 0) is 38.3 Å². The second-order valence-corrected chi connectivity index (χ2v) is 9.74. The van der Waals surface area contributed by atoms with Crippen LogP contribution in [-0.4, -0.2) is 28.0 Å². The summed E-state index contributed by atoms with van der Waals surface area (Å²) >= 11 is 1.60. The second-order valence-electron chi connectivity index (χ2n) is 8.54. The molecule has 4 aromatic rings. The standard InChI is InChI=1S/C26H27N3O2S/c1-16-8-10-18(11-9-16)23-17(2)32-26-24(23)25(30)27-22(28-26)15-29(20-12-13-20)14-19-6-4-5-7-21(19)31-3/h4-11,20H,12-15H2,1-3H3,(H,27,28,30). The molecule has 0 atom stereocenters. The molecule has 0 amide bonds. The summed E-state index contributed by atoms with van der Waals surface area (Å²) in [6.07, 6.45) is 2.36. The van der Waals surface area contributed by atoms with Crippen molar-refractivity contribution in [1.82, 2.24) is 14.9 Å². The number of hydrogen-bond acceptors (Lipinski definition) is 5. The van der Waals surface area contributed by atoms with E-state index >= 15 is 0 Å². The number of aryl methyl sites for hydroxylation is 2. The van der Waals surface area contributed by atoms with Gasteiger partial charge in [-0.2, -0.15) is 0 Å². The summed E-state index contributed by atoms with van der Waals surface area (Å²) in [6, 6.07) is 17.0. The molecule has 32 heavy (non-hydrogen) atoms. The minimum Gasteiger partial charge on any atom is -0.496 e. The Morgan fingerprint density at radius 1 is 1.09 bits per heavy atom. The van der Waals surface area contributed by atoms with E-state index in [9.17, 15) is 4.79 Å². The topological polar surface area (TPSA) is 58.2 Å². The molecule has 1 N–H and O–H groups in total. The summed E-state index contributed by atoms with van der Waals surface area (Å²) in [4.78, 5) is 25.5. The van der Waals surface area contributed by atoms with Gasteiger partial charge in [0.1, 0.15) is 16.4 Å². The van der Waals surface area contributed by atoms with Crippen molar-refractivity contribution in [3.8, 4) is 16.9 Å². The lowest BCUT2D eigenvalue weighted by Gasteiger charge is -2.22. The zero-order valence-electron chi connectivity index (χ0n) is 18.6. The van der Waals surface area contributed by atoms with Crippen molar-refractivity contribution in [2.45, 2.75) is 45.8 Å². The minimum atomic E-state index is -0.0574. The zero-order valence-corrected chi connectivity index (χ0v) is 19.5. The van der Waals surface area contributed by atoms with E-state index in [2.05, 4.69) is 54.1 Å². The monoisotopic (exact) mass is 445 g/mol. The highest BCUT2D eigenvalue weighted by atomic mass is 32.1. The Morgan fingerprint density at radius 3 is 2.56 bits per heavy atom. The number of aromatic amines is 1. The fraction of sp³-hybridized carbons (Fsp3) is 0.308. The summed E-state index contributed by atoms with van der Waals surface area (Å²) < 4.78 is 5.54. The molecule has 0 aliphatic heterocycles. The van der Waals surface area contributed by atoms with Crippen LogP contribution in [-0.2, 0) is 13.1 Å². The number of benzene rings is 2. The summed E-state index contributed by atoms with van der Waals surface area (Å²) in [6.45, 7) is 5.53. The summed E-state index contributed by atoms with van der Waals surface area (Å²) in [5.74, 6) is 1.62. The van der Waals surface area contributed by atoms with E-state index in [1.807, 2.05) is 18.2 Å². The fourth-order valence-electron chi connectivity index (χ4n) is 4.30. The van der Waals surface area contributed by atoms with Crippen molar-refractivity contribution in [1.29, 1.82) is 0 Å². The molecule has 0 unspecified atom stereocenters. The molecular weight excluding hydrogens is 418 g/mol. The summed E-state index contributed by atoms with van der Waals surface area (Å²) in [5.41, 5.74) is 4.36. The van der Waals surface area contributed by atoms with Crippen LogP contribution in [0.4, 0.5) is 0 Å². The summed E-state index contributed by atoms with van der Waals surface area (Å²) in [5, 5.41) is 0.697. The number of thiophene rings is 1. The largest absolute Gasteiger partial charge is 0.496 e. The van der Waals surface area contributed by atoms with Gasteiger partial charge < -0.3 is 9.72 Å². The normalized spacial score (nSPS) is 13.8. The number of nitrogens with one attached hydrogen (secondary N) is 1. The number of nitrogens with zero attached hydrogens (tertiary/aromatic N) is 2. The van der Waals surface area contributed by atoms with Crippen LogP contribution in [0.3, 0.4) is 0 Å². The predicted molar refractivity (Wildman–Crippen MR) is 130 cm³/mol. The molecular formula is C26H27N3O2S. The first-order valence-corrected chi connectivity index (χ1v) is 11.8. The van der Waals surface area contributed by atoms with E-state index in [-0.39, 0.29) is 5.56 Å². The number of hydrogen-bond donors (Lipinski definition) is 1. The average Bonchev–Trinajstić information content (AvgIpc) is 3.57. The van der Waals surface area contributed by atoms with Crippen LogP contribution in [0.5, 0.6) is 5.75 Å². The van der Waals surface area contributed by atoms with Crippen molar-refractivity contribution in [3.05, 3.63) is 80.7 Å². The molecule has 1 aliphatic rings. The van der Waals surface area contributed by atoms with Crippen molar-refractivity contribution >= 4 is 21.6 Å². The molecule has 0 radical (unpaired) electrons. The molecule has 0 spiro atoms. The maximum absolute atomic E-state index is 13.2. The maximum atomic E-state index is 13.2. The van der Waals surface area contributed by atoms with Crippen LogP contribution in [0.25, 0.3) is 21.3 Å². The quantitative estimate of drug-likeness (QED) is 0.411. The van der Waals surface area contributed by atoms with Gasteiger partial charge in [0.05, 0.1) is 19.0 Å². The highest BCUT2D eigenvalue weighted by Crippen LogP contribution is 2.36. The Kier molecular flexibility index (Phi) is 5.57. The van der Waals surface area contributed by atoms with Crippen molar-refractivity contribution in [3.63, 3.8) is 0 Å². The minimum absolute atomic E-state index is 0.0574. The number of rotatable bonds is 7. The number of ether oxygens (including phenoxy) is 1. The number of H-pyrrole nitrogens is 1. The van der Waals surface area contributed by atoms with Crippen LogP contribution >= 0.6 is 11.3 Å². The first-order valence-electron chi connectivity index (χ1n) is 11.0. The van der Waals surface area contributed by atoms with Gasteiger partial charge in [0.2, 0.25) is 0 Å². The summed E-state index contributed by atoms with van der Waals surface area (Å²) in [7, 11) is 1.71. The van der Waals surface area contributed by atoms with Gasteiger partial charge in [-0.15, -0.1) is 11.3 Å². The lowest BCUT2D eigenvalue weighted by atomic mass is 10.0. The first kappa shape index (κ1) is 20.9. The molecule has 1 aliphatic carbocycles. The van der Waals surface area contributed by atoms with E-state index in [1.165, 1.54) is 18.4 Å². The molecule has 5 nitrogen and oxygen atoms in total. The Labute approximate surface area is 191 Å². The molecule has 5 rings (SSSR count). The predicted octanol–water partition coefficient (Wildman–Crippen LogP) is 5.44. The van der Waals surface area contributed by atoms with Gasteiger partial charge in [-0.1, -0.05) is 48.0 Å². The van der Waals surface area contributed by atoms with E-state index in [4.69, 9.17) is 9.72 Å². The fourth-order valence-corrected chi connectivity index (χ4v) is 5.37. The zero-order chi connectivity index (χ0) is 22.2. The maximum Gasteiger partial charge on any atom is 0.260 e. The molecule has 2 aromatic carbocycles. The Morgan fingerprint density at radius 2 is 1.84 bits per heavy atom. The molecule has 0 bridgehead atoms. The third-order valence-electron chi connectivity index (χ3n) is 6.11. The SMILES string of the molecule is COc1ccccc1CN(Cc1nc2sc(C)c(-c3ccc(C)cc3)c2c(=O)[nH]1)C1CC1. The lowest BCUT2D eigenvalue weighted by molar-refractivity contribution is 0.236. The van der Waals surface area contributed by atoms with E-state index < -0.39 is 0 Å². The van der Waals surface area contributed by atoms with E-state index in [0.717, 1.165) is 44.5 Å². The van der Waals surface area contributed by atoms with Gasteiger partial charge >= 0.3 is 0 Å². The number of methoxy groups -OCH3 is 1. The number of para-hydroxylation sites is 1. The van der Waals surface area contributed by atoms with Crippen LogP contribution in [0, 0.1) is 13.8 Å². The molecule has 164 valence electrons. The average molecular weight is 446 g/mol. The number of aromatic nitrogens is 2. The van der Waals surface area contributed by atoms with Crippen molar-refractivity contribution < 1.29 is 4.74 Å².